The summed E-state index contributed by atoms with van der Waals surface area (Å²) in [6.45, 7) is -0.0331. The summed E-state index contributed by atoms with van der Waals surface area (Å²) in [5.74, 6) is 0.399. The molecule has 0 atom stereocenters. The molecule has 122 valence electrons. The molecular weight excluding hydrogens is 328 g/mol. The van der Waals surface area contributed by atoms with Crippen LogP contribution < -0.4 is 10.1 Å². The third-order valence-electron chi connectivity index (χ3n) is 3.74. The maximum atomic E-state index is 11.2. The highest BCUT2D eigenvalue weighted by molar-refractivity contribution is 6.34. The van der Waals surface area contributed by atoms with Crippen LogP contribution in [0.15, 0.2) is 42.6 Å². The van der Waals surface area contributed by atoms with E-state index in [9.17, 15) is 9.59 Å². The van der Waals surface area contributed by atoms with E-state index in [1.54, 1.807) is 31.4 Å². The molecule has 0 spiro atoms. The lowest BCUT2D eigenvalue weighted by molar-refractivity contribution is -0.122. The Labute approximate surface area is 143 Å². The summed E-state index contributed by atoms with van der Waals surface area (Å²) in [7, 11) is 1.56. The summed E-state index contributed by atoms with van der Waals surface area (Å²) < 4.78 is 5.38. The third kappa shape index (κ3) is 3.12. The average Bonchev–Trinajstić information content (AvgIpc) is 3.01. The minimum Gasteiger partial charge on any atom is -0.484 e. The number of aromatic amines is 1. The molecule has 0 saturated heterocycles. The van der Waals surface area contributed by atoms with Crippen LogP contribution >= 0.6 is 11.6 Å². The third-order valence-corrected chi connectivity index (χ3v) is 4.06. The first-order chi connectivity index (χ1) is 11.6. The number of rotatable bonds is 5. The summed E-state index contributed by atoms with van der Waals surface area (Å²) in [4.78, 5) is 25.3. The molecule has 0 fully saturated rings. The Morgan fingerprint density at radius 2 is 2.04 bits per heavy atom. The largest absolute Gasteiger partial charge is 0.484 e. The molecule has 1 amide bonds. The first-order valence-electron chi connectivity index (χ1n) is 7.32. The molecule has 3 rings (SSSR count). The van der Waals surface area contributed by atoms with Gasteiger partial charge < -0.3 is 15.0 Å². The van der Waals surface area contributed by atoms with Crippen molar-refractivity contribution in [3.8, 4) is 16.9 Å². The van der Waals surface area contributed by atoms with Crippen LogP contribution in [0.1, 0.15) is 10.4 Å². The summed E-state index contributed by atoms with van der Waals surface area (Å²) >= 11 is 6.36. The van der Waals surface area contributed by atoms with Crippen molar-refractivity contribution in [2.45, 2.75) is 0 Å². The lowest BCUT2D eigenvalue weighted by atomic mass is 10.0. The fraction of sp³-hybridized carbons (Fsp3) is 0.111. The number of benzene rings is 2. The number of carbonyl (C=O) groups excluding carboxylic acids is 2. The Hall–Kier alpha value is -2.79. The van der Waals surface area contributed by atoms with E-state index in [0.29, 0.717) is 16.3 Å². The number of aromatic nitrogens is 1. The topological polar surface area (TPSA) is 71.2 Å². The van der Waals surface area contributed by atoms with Gasteiger partial charge in [-0.05, 0) is 29.8 Å². The summed E-state index contributed by atoms with van der Waals surface area (Å²) in [6.07, 6.45) is 2.47. The van der Waals surface area contributed by atoms with Gasteiger partial charge in [0.15, 0.2) is 12.9 Å². The Balaban J connectivity index is 1.91. The first kappa shape index (κ1) is 16.1. The molecule has 2 N–H and O–H groups in total. The van der Waals surface area contributed by atoms with Gasteiger partial charge in [-0.1, -0.05) is 23.7 Å². The minimum absolute atomic E-state index is 0.0331. The van der Waals surface area contributed by atoms with Crippen LogP contribution in [0.25, 0.3) is 22.0 Å². The number of amides is 1. The molecule has 0 aliphatic carbocycles. The SMILES string of the molecule is CNC(=O)COc1ccc(-c2cc3c(C=O)c[nH]c3cc2Cl)cc1. The molecule has 2 aromatic carbocycles. The van der Waals surface area contributed by atoms with Crippen molar-refractivity contribution in [2.75, 3.05) is 13.7 Å². The van der Waals surface area contributed by atoms with E-state index >= 15 is 0 Å². The lowest BCUT2D eigenvalue weighted by Gasteiger charge is -2.08. The van der Waals surface area contributed by atoms with E-state index in [-0.39, 0.29) is 12.5 Å². The Kier molecular flexibility index (Phi) is 4.53. The molecular formula is C18H15ClN2O3. The van der Waals surface area contributed by atoms with Gasteiger partial charge in [-0.15, -0.1) is 0 Å². The second-order valence-electron chi connectivity index (χ2n) is 5.23. The maximum Gasteiger partial charge on any atom is 0.257 e. The standard InChI is InChI=1S/C18H15ClN2O3/c1-20-18(23)10-24-13-4-2-11(3-5-13)14-6-15-12(9-22)8-21-17(15)7-16(14)19/h2-9,21H,10H2,1H3,(H,20,23). The van der Waals surface area contributed by atoms with Crippen molar-refractivity contribution in [3.05, 3.63) is 53.2 Å². The van der Waals surface area contributed by atoms with Crippen LogP contribution in [0, 0.1) is 0 Å². The zero-order chi connectivity index (χ0) is 17.1. The predicted octanol–water partition coefficient (Wildman–Crippen LogP) is 3.43. The van der Waals surface area contributed by atoms with Gasteiger partial charge in [0.1, 0.15) is 5.75 Å². The molecule has 6 heteroatoms. The van der Waals surface area contributed by atoms with Gasteiger partial charge in [-0.2, -0.15) is 0 Å². The molecule has 1 heterocycles. The van der Waals surface area contributed by atoms with Crippen molar-refractivity contribution in [3.63, 3.8) is 0 Å². The van der Waals surface area contributed by atoms with Crippen molar-refractivity contribution < 1.29 is 14.3 Å². The van der Waals surface area contributed by atoms with E-state index < -0.39 is 0 Å². The van der Waals surface area contributed by atoms with Gasteiger partial charge >= 0.3 is 0 Å². The normalized spacial score (nSPS) is 10.6. The van der Waals surface area contributed by atoms with E-state index in [4.69, 9.17) is 16.3 Å². The smallest absolute Gasteiger partial charge is 0.257 e. The molecule has 0 aliphatic rings. The van der Waals surface area contributed by atoms with E-state index in [1.807, 2.05) is 18.2 Å². The Morgan fingerprint density at radius 1 is 1.29 bits per heavy atom. The van der Waals surface area contributed by atoms with Gasteiger partial charge in [0.25, 0.3) is 5.91 Å². The Bertz CT molecular complexity index is 901. The van der Waals surface area contributed by atoms with Crippen molar-refractivity contribution in [1.29, 1.82) is 0 Å². The molecule has 3 aromatic rings. The summed E-state index contributed by atoms with van der Waals surface area (Å²) in [5.41, 5.74) is 3.13. The van der Waals surface area contributed by atoms with Gasteiger partial charge in [0, 0.05) is 35.3 Å². The quantitative estimate of drug-likeness (QED) is 0.698. The maximum absolute atomic E-state index is 11.2. The summed E-state index contributed by atoms with van der Waals surface area (Å²) in [5, 5.41) is 3.90. The monoisotopic (exact) mass is 342 g/mol. The number of fused-ring (bicyclic) bond motifs is 1. The zero-order valence-corrected chi connectivity index (χ0v) is 13.7. The van der Waals surface area contributed by atoms with E-state index in [1.165, 1.54) is 0 Å². The van der Waals surface area contributed by atoms with Gasteiger partial charge in [0.05, 0.1) is 5.02 Å². The molecule has 5 nitrogen and oxygen atoms in total. The number of nitrogens with one attached hydrogen (secondary N) is 2. The number of ether oxygens (including phenoxy) is 1. The number of carbonyl (C=O) groups is 2. The zero-order valence-electron chi connectivity index (χ0n) is 12.9. The van der Waals surface area contributed by atoms with Gasteiger partial charge in [-0.3, -0.25) is 9.59 Å². The molecule has 24 heavy (non-hydrogen) atoms. The van der Waals surface area contributed by atoms with Crippen molar-refractivity contribution in [2.24, 2.45) is 0 Å². The van der Waals surface area contributed by atoms with Crippen molar-refractivity contribution in [1.82, 2.24) is 10.3 Å². The highest BCUT2D eigenvalue weighted by Crippen LogP contribution is 2.33. The first-order valence-corrected chi connectivity index (χ1v) is 7.70. The van der Waals surface area contributed by atoms with Crippen LogP contribution in [0.3, 0.4) is 0 Å². The van der Waals surface area contributed by atoms with Crippen LogP contribution in [0.4, 0.5) is 0 Å². The lowest BCUT2D eigenvalue weighted by Crippen LogP contribution is -2.24. The second-order valence-corrected chi connectivity index (χ2v) is 5.63. The van der Waals surface area contributed by atoms with Crippen LogP contribution in [0.5, 0.6) is 5.75 Å². The highest BCUT2D eigenvalue weighted by Gasteiger charge is 2.10. The Morgan fingerprint density at radius 3 is 2.71 bits per heavy atom. The minimum atomic E-state index is -0.193. The van der Waals surface area contributed by atoms with Crippen molar-refractivity contribution >= 4 is 34.7 Å². The summed E-state index contributed by atoms with van der Waals surface area (Å²) in [6, 6.07) is 11.0. The molecule has 0 bridgehead atoms. The average molecular weight is 343 g/mol. The van der Waals surface area contributed by atoms with Crippen LogP contribution in [-0.4, -0.2) is 30.8 Å². The number of hydrogen-bond donors (Lipinski definition) is 2. The van der Waals surface area contributed by atoms with E-state index in [0.717, 1.165) is 28.3 Å². The fourth-order valence-electron chi connectivity index (χ4n) is 2.44. The van der Waals surface area contributed by atoms with Crippen LogP contribution in [-0.2, 0) is 4.79 Å². The molecule has 0 saturated carbocycles. The molecule has 0 aliphatic heterocycles. The molecule has 0 unspecified atom stereocenters. The van der Waals surface area contributed by atoms with Crippen LogP contribution in [0.2, 0.25) is 5.02 Å². The fourth-order valence-corrected chi connectivity index (χ4v) is 2.71. The number of hydrogen-bond acceptors (Lipinski definition) is 3. The molecule has 0 radical (unpaired) electrons. The van der Waals surface area contributed by atoms with Gasteiger partial charge in [-0.25, -0.2) is 0 Å². The van der Waals surface area contributed by atoms with E-state index in [2.05, 4.69) is 10.3 Å². The highest BCUT2D eigenvalue weighted by atomic mass is 35.5. The molecule has 1 aromatic heterocycles. The second kappa shape index (κ2) is 6.76. The number of aldehydes is 1. The number of H-pyrrole nitrogens is 1. The predicted molar refractivity (Wildman–Crippen MR) is 93.7 cm³/mol. The van der Waals surface area contributed by atoms with Gasteiger partial charge in [0.2, 0.25) is 0 Å². The number of halogens is 1. The number of likely N-dealkylation sites (N-methyl/N-ethyl adjacent to an activating group) is 1.